The number of fused-ring (bicyclic) bond motifs is 5. The van der Waals surface area contributed by atoms with Crippen molar-refractivity contribution in [2.75, 3.05) is 26.2 Å². The number of nitrogens with one attached hydrogen (secondary N) is 1. The lowest BCUT2D eigenvalue weighted by molar-refractivity contribution is -0.270. The normalized spacial score (nSPS) is 39.9. The zero-order chi connectivity index (χ0) is 28.7. The van der Waals surface area contributed by atoms with Crippen molar-refractivity contribution >= 4 is 23.2 Å². The Labute approximate surface area is 234 Å². The fourth-order valence-electron chi connectivity index (χ4n) is 5.57. The van der Waals surface area contributed by atoms with Crippen LogP contribution in [0.3, 0.4) is 0 Å². The van der Waals surface area contributed by atoms with Gasteiger partial charge in [0.15, 0.2) is 5.72 Å². The molecule has 8 unspecified atom stereocenters. The summed E-state index contributed by atoms with van der Waals surface area (Å²) in [6, 6.07) is 3.65. The van der Waals surface area contributed by atoms with E-state index >= 15 is 0 Å². The Morgan fingerprint density at radius 3 is 2.64 bits per heavy atom. The summed E-state index contributed by atoms with van der Waals surface area (Å²) in [7, 11) is 4.60. The number of hydrogen-bond donors (Lipinski definition) is 4. The molecule has 10 nitrogen and oxygen atoms in total. The Balaban J connectivity index is 1.74. The number of halogens is 1. The lowest BCUT2D eigenvalue weighted by Gasteiger charge is -2.44. The van der Waals surface area contributed by atoms with E-state index in [2.05, 4.69) is 5.32 Å². The summed E-state index contributed by atoms with van der Waals surface area (Å²) in [5.41, 5.74) is -0.311. The lowest BCUT2D eigenvalue weighted by Crippen LogP contribution is -2.65. The van der Waals surface area contributed by atoms with Gasteiger partial charge in [-0.1, -0.05) is 42.3 Å². The number of nitrogens with zero attached hydrogens (tertiary/aromatic N) is 1. The minimum absolute atomic E-state index is 0.0919. The first kappa shape index (κ1) is 30.0. The molecule has 0 radical (unpaired) electrons. The fourth-order valence-corrected chi connectivity index (χ4v) is 5.89. The summed E-state index contributed by atoms with van der Waals surface area (Å²) in [6.45, 7) is 5.56. The van der Waals surface area contributed by atoms with Gasteiger partial charge in [-0.3, -0.25) is 4.79 Å². The van der Waals surface area contributed by atoms with Crippen LogP contribution in [0.15, 0.2) is 35.9 Å². The van der Waals surface area contributed by atoms with Gasteiger partial charge in [0.05, 0.1) is 37.5 Å². The zero-order valence-corrected chi connectivity index (χ0v) is 23.9. The first-order chi connectivity index (χ1) is 18.3. The van der Waals surface area contributed by atoms with Crippen LogP contribution in [0, 0.1) is 5.92 Å². The van der Waals surface area contributed by atoms with Gasteiger partial charge in [-0.05, 0) is 38.0 Å². The Morgan fingerprint density at radius 2 is 1.97 bits per heavy atom. The number of aliphatic hydroxyl groups is 3. The number of carbonyl (C=O) groups is 1. The quantitative estimate of drug-likeness (QED) is 0.398. The van der Waals surface area contributed by atoms with E-state index in [0.29, 0.717) is 22.9 Å². The van der Waals surface area contributed by atoms with Crippen LogP contribution in [0.25, 0.3) is 0 Å². The first-order valence-corrected chi connectivity index (χ1v) is 13.4. The smallest absolute Gasteiger partial charge is 0.229 e. The highest BCUT2D eigenvalue weighted by Crippen LogP contribution is 2.48. The van der Waals surface area contributed by atoms with Gasteiger partial charge in [-0.15, -0.1) is 0 Å². The van der Waals surface area contributed by atoms with E-state index in [1.54, 1.807) is 26.1 Å². The highest BCUT2D eigenvalue weighted by Gasteiger charge is 2.62. The molecule has 2 fully saturated rings. The van der Waals surface area contributed by atoms with Gasteiger partial charge in [0.25, 0.3) is 0 Å². The second-order valence-electron chi connectivity index (χ2n) is 10.9. The van der Waals surface area contributed by atoms with E-state index in [4.69, 9.17) is 30.5 Å². The number of hydrogen-bond acceptors (Lipinski definition) is 9. The van der Waals surface area contributed by atoms with E-state index < -0.39 is 42.2 Å². The molecule has 3 heterocycles. The summed E-state index contributed by atoms with van der Waals surface area (Å²) >= 11 is 6.59. The number of rotatable bonds is 2. The molecule has 1 aromatic carbocycles. The van der Waals surface area contributed by atoms with Crippen LogP contribution in [0.1, 0.15) is 39.2 Å². The van der Waals surface area contributed by atoms with E-state index in [1.165, 1.54) is 19.1 Å². The highest BCUT2D eigenvalue weighted by molar-refractivity contribution is 6.35. The molecule has 8 atom stereocenters. The van der Waals surface area contributed by atoms with E-state index in [9.17, 15) is 20.1 Å². The van der Waals surface area contributed by atoms with Gasteiger partial charge in [0, 0.05) is 26.5 Å². The maximum atomic E-state index is 13.3. The number of methoxy groups -OCH3 is 2. The van der Waals surface area contributed by atoms with E-state index in [-0.39, 0.29) is 24.7 Å². The molecule has 0 aliphatic carbocycles. The van der Waals surface area contributed by atoms with Crippen molar-refractivity contribution in [1.82, 2.24) is 5.32 Å². The van der Waals surface area contributed by atoms with Crippen molar-refractivity contribution in [3.05, 3.63) is 46.5 Å². The molecule has 4 bridgehead atoms. The molecule has 0 aromatic heterocycles. The van der Waals surface area contributed by atoms with Crippen LogP contribution in [0.5, 0.6) is 5.75 Å². The van der Waals surface area contributed by atoms with Crippen LogP contribution in [0.4, 0.5) is 5.69 Å². The second kappa shape index (κ2) is 11.5. The summed E-state index contributed by atoms with van der Waals surface area (Å²) < 4.78 is 22.7. The highest BCUT2D eigenvalue weighted by atomic mass is 35.5. The second-order valence-corrected chi connectivity index (χ2v) is 11.3. The SMILES string of the molecule is COc1cc2cc(c1Cl)N(C)C(=O)CC(O)C1(C)OC1C(C)C1CC(O)(NC(O)O1)C(OC)/C=C/C=C(\C)C2. The molecular weight excluding hydrogens is 528 g/mol. The van der Waals surface area contributed by atoms with Crippen LogP contribution >= 0.6 is 11.6 Å². The van der Waals surface area contributed by atoms with Crippen molar-refractivity contribution in [3.8, 4) is 5.75 Å². The third kappa shape index (κ3) is 6.03. The molecule has 4 rings (SSSR count). The topological polar surface area (TPSA) is 133 Å². The Kier molecular flexibility index (Phi) is 8.80. The van der Waals surface area contributed by atoms with Crippen LogP contribution < -0.4 is 15.0 Å². The predicted octanol–water partition coefficient (Wildman–Crippen LogP) is 2.27. The molecule has 0 saturated carbocycles. The Bertz CT molecular complexity index is 1140. The van der Waals surface area contributed by atoms with Crippen LogP contribution in [-0.4, -0.2) is 84.6 Å². The summed E-state index contributed by atoms with van der Waals surface area (Å²) in [5, 5.41) is 36.0. The Hall–Kier alpha value is -2.02. The molecule has 216 valence electrons. The standard InChI is InChI=1S/C28H39ClN2O8/c1-15-8-7-9-22(37-6)28(35)14-20(38-26(34)30-28)16(2)25-27(3,39-25)21(32)13-23(33)31(4)18-11-17(10-15)12-19(36-5)24(18)29/h7-9,11-12,16,20-22,25-26,30,32,34-35H,10,13-14H2,1-6H3/b9-7+,15-8+. The number of benzene rings is 1. The maximum Gasteiger partial charge on any atom is 0.229 e. The first-order valence-electron chi connectivity index (χ1n) is 13.0. The minimum atomic E-state index is -1.63. The number of ether oxygens (including phenoxy) is 4. The van der Waals surface area contributed by atoms with Crippen molar-refractivity contribution in [1.29, 1.82) is 0 Å². The molecule has 1 amide bonds. The number of amides is 1. The number of aliphatic hydroxyl groups excluding tert-OH is 2. The summed E-state index contributed by atoms with van der Waals surface area (Å²) in [4.78, 5) is 14.7. The average molecular weight is 567 g/mol. The van der Waals surface area contributed by atoms with Crippen molar-refractivity contribution in [2.45, 2.75) is 82.2 Å². The molecule has 39 heavy (non-hydrogen) atoms. The van der Waals surface area contributed by atoms with E-state index in [0.717, 1.165) is 11.1 Å². The number of allylic oxidation sites excluding steroid dienone is 3. The molecule has 3 aliphatic rings. The zero-order valence-electron chi connectivity index (χ0n) is 23.2. The maximum absolute atomic E-state index is 13.3. The summed E-state index contributed by atoms with van der Waals surface area (Å²) in [6.07, 6.45) is 1.38. The number of anilines is 1. The van der Waals surface area contributed by atoms with Gasteiger partial charge in [0.1, 0.15) is 22.5 Å². The molecule has 2 saturated heterocycles. The van der Waals surface area contributed by atoms with Gasteiger partial charge >= 0.3 is 0 Å². The molecule has 11 heteroatoms. The van der Waals surface area contributed by atoms with Crippen molar-refractivity contribution in [2.24, 2.45) is 5.92 Å². The summed E-state index contributed by atoms with van der Waals surface area (Å²) in [5.74, 6) is -0.240. The Morgan fingerprint density at radius 1 is 1.26 bits per heavy atom. The monoisotopic (exact) mass is 566 g/mol. The number of carbonyl (C=O) groups excluding carboxylic acids is 1. The molecule has 1 aromatic rings. The predicted molar refractivity (Wildman–Crippen MR) is 145 cm³/mol. The molecule has 0 spiro atoms. The van der Waals surface area contributed by atoms with Crippen molar-refractivity contribution in [3.63, 3.8) is 0 Å². The molecule has 3 aliphatic heterocycles. The largest absolute Gasteiger partial charge is 0.495 e. The number of epoxide rings is 1. The molecular formula is C28H39ClN2O8. The van der Waals surface area contributed by atoms with Gasteiger partial charge < -0.3 is 39.2 Å². The molecule has 4 N–H and O–H groups in total. The van der Waals surface area contributed by atoms with E-state index in [1.807, 2.05) is 32.1 Å². The van der Waals surface area contributed by atoms with Crippen molar-refractivity contribution < 1.29 is 39.1 Å². The van der Waals surface area contributed by atoms with Crippen LogP contribution in [-0.2, 0) is 25.4 Å². The van der Waals surface area contributed by atoms with Gasteiger partial charge in [-0.25, -0.2) is 5.32 Å². The third-order valence-corrected chi connectivity index (χ3v) is 8.46. The lowest BCUT2D eigenvalue weighted by atomic mass is 9.83. The van der Waals surface area contributed by atoms with Gasteiger partial charge in [0.2, 0.25) is 12.3 Å². The third-order valence-electron chi connectivity index (χ3n) is 8.08. The minimum Gasteiger partial charge on any atom is -0.495 e. The van der Waals surface area contributed by atoms with Gasteiger partial charge in [-0.2, -0.15) is 0 Å². The average Bonchev–Trinajstić information content (AvgIpc) is 3.58. The fraction of sp³-hybridized carbons (Fsp3) is 0.607. The van der Waals surface area contributed by atoms with Crippen LogP contribution in [0.2, 0.25) is 5.02 Å².